The lowest BCUT2D eigenvalue weighted by Crippen LogP contribution is -2.50. The Labute approximate surface area is 103 Å². The zero-order valence-electron chi connectivity index (χ0n) is 9.37. The van der Waals surface area contributed by atoms with Crippen molar-refractivity contribution in [3.63, 3.8) is 0 Å². The van der Waals surface area contributed by atoms with Crippen molar-refractivity contribution in [3.8, 4) is 0 Å². The summed E-state index contributed by atoms with van der Waals surface area (Å²) in [5.74, 6) is -8.96. The average Bonchev–Trinajstić information content (AvgIpc) is 2.27. The van der Waals surface area contributed by atoms with Crippen LogP contribution in [0.5, 0.6) is 0 Å². The number of carbonyl (C=O) groups excluding carboxylic acids is 2. The normalized spacial score (nSPS) is 20.2. The van der Waals surface area contributed by atoms with Crippen LogP contribution in [0, 0.1) is 5.92 Å². The molecule has 0 saturated heterocycles. The van der Waals surface area contributed by atoms with Crippen molar-refractivity contribution in [2.45, 2.75) is 19.0 Å². The van der Waals surface area contributed by atoms with Gasteiger partial charge < -0.3 is 4.74 Å². The zero-order valence-corrected chi connectivity index (χ0v) is 9.37. The van der Waals surface area contributed by atoms with Crippen molar-refractivity contribution in [1.29, 1.82) is 0 Å². The van der Waals surface area contributed by atoms with Crippen molar-refractivity contribution in [3.05, 3.63) is 0 Å². The SMILES string of the molecule is CCOC(=O)C1C=NC(=O)N=C1C(F)(F)C(F)(F)F. The molecule has 0 aromatic heterocycles. The summed E-state index contributed by atoms with van der Waals surface area (Å²) in [5, 5.41) is 0. The second-order valence-corrected chi connectivity index (χ2v) is 3.36. The number of amides is 2. The number of aliphatic imine (C=N–C) groups is 2. The molecule has 2 amide bonds. The van der Waals surface area contributed by atoms with Crippen molar-refractivity contribution >= 4 is 23.9 Å². The Morgan fingerprint density at radius 1 is 1.37 bits per heavy atom. The fourth-order valence-electron chi connectivity index (χ4n) is 1.23. The van der Waals surface area contributed by atoms with E-state index >= 15 is 0 Å². The highest BCUT2D eigenvalue weighted by atomic mass is 19.4. The molecule has 1 aliphatic rings. The van der Waals surface area contributed by atoms with Gasteiger partial charge in [-0.1, -0.05) is 0 Å². The maximum atomic E-state index is 13.2. The number of urea groups is 1. The molecular formula is C9H7F5N2O3. The summed E-state index contributed by atoms with van der Waals surface area (Å²) in [6.07, 6.45) is -5.62. The van der Waals surface area contributed by atoms with Gasteiger partial charge in [-0.3, -0.25) is 4.79 Å². The molecule has 1 unspecified atom stereocenters. The summed E-state index contributed by atoms with van der Waals surface area (Å²) < 4.78 is 67.3. The Morgan fingerprint density at radius 3 is 2.42 bits per heavy atom. The second-order valence-electron chi connectivity index (χ2n) is 3.36. The molecule has 0 spiro atoms. The number of halogens is 5. The molecule has 0 radical (unpaired) electrons. The van der Waals surface area contributed by atoms with E-state index in [-0.39, 0.29) is 6.61 Å². The Balaban J connectivity index is 3.19. The van der Waals surface area contributed by atoms with Gasteiger partial charge in [-0.15, -0.1) is 0 Å². The van der Waals surface area contributed by atoms with E-state index in [4.69, 9.17) is 0 Å². The number of hydrogen-bond acceptors (Lipinski definition) is 3. The number of carbonyl (C=O) groups is 2. The Hall–Kier alpha value is -1.87. The standard InChI is InChI=1S/C9H7F5N2O3/c1-2-19-6(17)4-3-15-7(18)16-5(4)8(10,11)9(12,13)14/h3-4H,2H2,1H3. The summed E-state index contributed by atoms with van der Waals surface area (Å²) in [5.41, 5.74) is -1.93. The zero-order chi connectivity index (χ0) is 14.8. The molecule has 1 aliphatic heterocycles. The molecule has 0 fully saturated rings. The van der Waals surface area contributed by atoms with Crippen molar-refractivity contribution in [2.75, 3.05) is 6.61 Å². The highest BCUT2D eigenvalue weighted by molar-refractivity contribution is 6.22. The van der Waals surface area contributed by atoms with E-state index in [1.165, 1.54) is 6.92 Å². The van der Waals surface area contributed by atoms with Crippen LogP contribution in [0.15, 0.2) is 9.98 Å². The van der Waals surface area contributed by atoms with Crippen LogP contribution in [-0.4, -0.2) is 42.6 Å². The summed E-state index contributed by atoms with van der Waals surface area (Å²) in [6, 6.07) is -1.54. The van der Waals surface area contributed by atoms with Crippen LogP contribution in [0.25, 0.3) is 0 Å². The van der Waals surface area contributed by atoms with E-state index < -0.39 is 35.7 Å². The summed E-state index contributed by atoms with van der Waals surface area (Å²) >= 11 is 0. The van der Waals surface area contributed by atoms with Gasteiger partial charge in [0.15, 0.2) is 0 Å². The van der Waals surface area contributed by atoms with Gasteiger partial charge in [0, 0.05) is 6.21 Å². The molecule has 1 atom stereocenters. The van der Waals surface area contributed by atoms with Gasteiger partial charge in [-0.05, 0) is 6.92 Å². The van der Waals surface area contributed by atoms with Crippen LogP contribution in [0.4, 0.5) is 26.7 Å². The van der Waals surface area contributed by atoms with E-state index in [0.717, 1.165) is 0 Å². The van der Waals surface area contributed by atoms with Crippen LogP contribution in [0.1, 0.15) is 6.92 Å². The molecule has 0 aromatic carbocycles. The number of esters is 1. The molecule has 106 valence electrons. The van der Waals surface area contributed by atoms with Gasteiger partial charge in [-0.25, -0.2) is 9.79 Å². The van der Waals surface area contributed by atoms with E-state index in [1.807, 2.05) is 0 Å². The predicted octanol–water partition coefficient (Wildman–Crippen LogP) is 2.01. The molecule has 1 rings (SSSR count). The molecule has 0 saturated carbocycles. The van der Waals surface area contributed by atoms with Crippen LogP contribution in [0.2, 0.25) is 0 Å². The van der Waals surface area contributed by atoms with Crippen LogP contribution in [0.3, 0.4) is 0 Å². The molecule has 0 N–H and O–H groups in total. The molecule has 0 bridgehead atoms. The predicted molar refractivity (Wildman–Crippen MR) is 52.4 cm³/mol. The Kier molecular flexibility index (Phi) is 4.01. The third-order valence-corrected chi connectivity index (χ3v) is 2.06. The summed E-state index contributed by atoms with van der Waals surface area (Å²) in [4.78, 5) is 27.4. The minimum atomic E-state index is -5.98. The summed E-state index contributed by atoms with van der Waals surface area (Å²) in [6.45, 7) is 1.10. The van der Waals surface area contributed by atoms with Gasteiger partial charge in [0.1, 0.15) is 11.6 Å². The number of nitrogens with zero attached hydrogens (tertiary/aromatic N) is 2. The van der Waals surface area contributed by atoms with Crippen LogP contribution in [-0.2, 0) is 9.53 Å². The first-order chi connectivity index (χ1) is 8.61. The molecule has 19 heavy (non-hydrogen) atoms. The monoisotopic (exact) mass is 286 g/mol. The first kappa shape index (κ1) is 15.2. The fraction of sp³-hybridized carbons (Fsp3) is 0.556. The lowest BCUT2D eigenvalue weighted by molar-refractivity contribution is -0.250. The molecule has 0 aliphatic carbocycles. The fourth-order valence-corrected chi connectivity index (χ4v) is 1.23. The molecule has 5 nitrogen and oxygen atoms in total. The quantitative estimate of drug-likeness (QED) is 0.588. The maximum absolute atomic E-state index is 13.2. The van der Waals surface area contributed by atoms with Crippen molar-refractivity contribution in [2.24, 2.45) is 15.9 Å². The highest BCUT2D eigenvalue weighted by Crippen LogP contribution is 2.39. The second kappa shape index (κ2) is 5.02. The van der Waals surface area contributed by atoms with Gasteiger partial charge in [0.05, 0.1) is 6.61 Å². The number of alkyl halides is 5. The first-order valence-corrected chi connectivity index (χ1v) is 4.89. The molecule has 0 aromatic rings. The largest absolute Gasteiger partial charge is 0.465 e. The van der Waals surface area contributed by atoms with Gasteiger partial charge >= 0.3 is 24.1 Å². The lowest BCUT2D eigenvalue weighted by Gasteiger charge is -2.25. The first-order valence-electron chi connectivity index (χ1n) is 4.89. The van der Waals surface area contributed by atoms with E-state index in [0.29, 0.717) is 6.21 Å². The lowest BCUT2D eigenvalue weighted by atomic mass is 9.97. The van der Waals surface area contributed by atoms with Crippen LogP contribution >= 0.6 is 0 Å². The van der Waals surface area contributed by atoms with Gasteiger partial charge in [0.25, 0.3) is 0 Å². The Morgan fingerprint density at radius 2 is 1.95 bits per heavy atom. The number of hydrogen-bond donors (Lipinski definition) is 0. The minimum Gasteiger partial charge on any atom is -0.465 e. The third-order valence-electron chi connectivity index (χ3n) is 2.06. The molecule has 10 heteroatoms. The van der Waals surface area contributed by atoms with Crippen LogP contribution < -0.4 is 0 Å². The average molecular weight is 286 g/mol. The summed E-state index contributed by atoms with van der Waals surface area (Å²) in [7, 11) is 0. The smallest absolute Gasteiger partial charge is 0.459 e. The van der Waals surface area contributed by atoms with E-state index in [2.05, 4.69) is 14.7 Å². The van der Waals surface area contributed by atoms with E-state index in [9.17, 15) is 31.5 Å². The molecular weight excluding hydrogens is 279 g/mol. The third kappa shape index (κ3) is 2.93. The van der Waals surface area contributed by atoms with Crippen molar-refractivity contribution < 1.29 is 36.3 Å². The number of rotatable bonds is 3. The Bertz CT molecular complexity index is 455. The van der Waals surface area contributed by atoms with Gasteiger partial charge in [0.2, 0.25) is 0 Å². The van der Waals surface area contributed by atoms with Crippen molar-refractivity contribution in [1.82, 2.24) is 0 Å². The number of ether oxygens (including phenoxy) is 1. The van der Waals surface area contributed by atoms with Gasteiger partial charge in [-0.2, -0.15) is 26.9 Å². The van der Waals surface area contributed by atoms with E-state index in [1.54, 1.807) is 0 Å². The maximum Gasteiger partial charge on any atom is 0.459 e. The minimum absolute atomic E-state index is 0.234. The highest BCUT2D eigenvalue weighted by Gasteiger charge is 2.64. The molecule has 1 heterocycles. The topological polar surface area (TPSA) is 68.1 Å².